The third-order valence-corrected chi connectivity index (χ3v) is 3.79. The van der Waals surface area contributed by atoms with Crippen LogP contribution in [0, 0.1) is 0 Å². The van der Waals surface area contributed by atoms with E-state index in [4.69, 9.17) is 0 Å². The highest BCUT2D eigenvalue weighted by atomic mass is 16.3. The molecule has 0 aromatic heterocycles. The van der Waals surface area contributed by atoms with Gasteiger partial charge < -0.3 is 10.2 Å². The average Bonchev–Trinajstić information content (AvgIpc) is 2.44. The molecule has 0 saturated heterocycles. The number of hydrogen-bond donors (Lipinski definition) is 2. The van der Waals surface area contributed by atoms with Gasteiger partial charge in [-0.1, -0.05) is 54.0 Å². The van der Waals surface area contributed by atoms with Gasteiger partial charge in [0.15, 0.2) is 0 Å². The lowest BCUT2D eigenvalue weighted by Crippen LogP contribution is -2.18. The Balaban J connectivity index is 2.10. The van der Waals surface area contributed by atoms with Crippen molar-refractivity contribution in [1.29, 1.82) is 0 Å². The average molecular weight is 282 g/mol. The Kier molecular flexibility index (Phi) is 4.86. The molecule has 21 heavy (non-hydrogen) atoms. The summed E-state index contributed by atoms with van der Waals surface area (Å²) in [6.07, 6.45) is 0.922. The molecule has 0 aliphatic heterocycles. The van der Waals surface area contributed by atoms with Gasteiger partial charge in [-0.25, -0.2) is 0 Å². The van der Waals surface area contributed by atoms with Crippen LogP contribution >= 0.6 is 0 Å². The normalized spacial score (nSPS) is 13.1. The van der Waals surface area contributed by atoms with Crippen molar-refractivity contribution in [3.05, 3.63) is 65.2 Å². The third-order valence-electron chi connectivity index (χ3n) is 3.79. The Morgan fingerprint density at radius 3 is 2.48 bits per heavy atom. The largest absolute Gasteiger partial charge is 0.388 e. The first-order valence-electron chi connectivity index (χ1n) is 7.43. The first-order chi connectivity index (χ1) is 9.88. The molecule has 2 aromatic rings. The van der Waals surface area contributed by atoms with Gasteiger partial charge in [-0.05, 0) is 43.4 Å². The van der Waals surface area contributed by atoms with Crippen LogP contribution in [0.25, 0.3) is 0 Å². The van der Waals surface area contributed by atoms with Crippen LogP contribution in [0.1, 0.15) is 43.1 Å². The number of benzene rings is 2. The van der Waals surface area contributed by atoms with Crippen LogP contribution < -0.4 is 5.46 Å². The molecular formula is C18H23BO2. The van der Waals surface area contributed by atoms with Crippen LogP contribution in [-0.2, 0) is 12.0 Å². The molecule has 0 radical (unpaired) electrons. The zero-order chi connectivity index (χ0) is 15.5. The Morgan fingerprint density at radius 2 is 1.81 bits per heavy atom. The van der Waals surface area contributed by atoms with E-state index in [1.165, 1.54) is 0 Å². The fourth-order valence-corrected chi connectivity index (χ4v) is 2.67. The minimum Gasteiger partial charge on any atom is -0.388 e. The summed E-state index contributed by atoms with van der Waals surface area (Å²) < 4.78 is 0. The van der Waals surface area contributed by atoms with E-state index in [9.17, 15) is 10.2 Å². The molecule has 0 spiro atoms. The predicted molar refractivity (Wildman–Crippen MR) is 89.6 cm³/mol. The fourth-order valence-electron chi connectivity index (χ4n) is 2.67. The highest BCUT2D eigenvalue weighted by Crippen LogP contribution is 2.26. The van der Waals surface area contributed by atoms with Crippen LogP contribution in [0.15, 0.2) is 48.5 Å². The lowest BCUT2D eigenvalue weighted by molar-refractivity contribution is 0.0772. The van der Waals surface area contributed by atoms with E-state index in [1.54, 1.807) is 13.8 Å². The minimum atomic E-state index is -0.856. The Hall–Kier alpha value is -1.58. The molecule has 0 heterocycles. The van der Waals surface area contributed by atoms with Gasteiger partial charge in [-0.2, -0.15) is 0 Å². The number of rotatable bonds is 5. The van der Waals surface area contributed by atoms with Crippen LogP contribution in [0.3, 0.4) is 0 Å². The number of aliphatic hydroxyl groups excluding tert-OH is 1. The predicted octanol–water partition coefficient (Wildman–Crippen LogP) is 1.84. The molecule has 2 nitrogen and oxygen atoms in total. The summed E-state index contributed by atoms with van der Waals surface area (Å²) >= 11 is 0. The zero-order valence-electron chi connectivity index (χ0n) is 13.0. The first-order valence-corrected chi connectivity index (χ1v) is 7.43. The summed E-state index contributed by atoms with van der Waals surface area (Å²) in [6.45, 7) is 3.59. The van der Waals surface area contributed by atoms with Crippen molar-refractivity contribution < 1.29 is 10.2 Å². The zero-order valence-corrected chi connectivity index (χ0v) is 13.0. The van der Waals surface area contributed by atoms with Crippen LogP contribution in [0.4, 0.5) is 0 Å². The van der Waals surface area contributed by atoms with Gasteiger partial charge >= 0.3 is 0 Å². The lowest BCUT2D eigenvalue weighted by Gasteiger charge is -2.22. The van der Waals surface area contributed by atoms with Crippen molar-refractivity contribution in [3.8, 4) is 0 Å². The Morgan fingerprint density at radius 1 is 1.10 bits per heavy atom. The van der Waals surface area contributed by atoms with Crippen molar-refractivity contribution >= 4 is 13.3 Å². The van der Waals surface area contributed by atoms with E-state index in [-0.39, 0.29) is 0 Å². The summed E-state index contributed by atoms with van der Waals surface area (Å²) in [5.74, 6) is 0. The molecule has 0 bridgehead atoms. The van der Waals surface area contributed by atoms with E-state index in [0.29, 0.717) is 6.42 Å². The third kappa shape index (κ3) is 4.19. The summed E-state index contributed by atoms with van der Waals surface area (Å²) in [6, 6.07) is 15.9. The second-order valence-corrected chi connectivity index (χ2v) is 6.18. The van der Waals surface area contributed by atoms with Gasteiger partial charge in [-0.15, -0.1) is 0 Å². The van der Waals surface area contributed by atoms with Gasteiger partial charge in [-0.3, -0.25) is 0 Å². The molecule has 1 atom stereocenters. The molecule has 0 amide bonds. The molecule has 0 aliphatic carbocycles. The standard InChI is InChI=1S/C18H23BO2/c1-18(2,21)16-9-4-3-6-13(16)10-11-17(20)14-7-5-8-15(19)12-14/h3-9,12,17,20-21H,10-11,19H2,1-2H3. The maximum atomic E-state index is 10.3. The van der Waals surface area contributed by atoms with Gasteiger partial charge in [0, 0.05) is 0 Å². The monoisotopic (exact) mass is 282 g/mol. The van der Waals surface area contributed by atoms with E-state index >= 15 is 0 Å². The quantitative estimate of drug-likeness (QED) is 0.822. The van der Waals surface area contributed by atoms with E-state index in [1.807, 2.05) is 56.4 Å². The van der Waals surface area contributed by atoms with Crippen LogP contribution in [-0.4, -0.2) is 18.1 Å². The summed E-state index contributed by atoms with van der Waals surface area (Å²) in [7, 11) is 2.03. The highest BCUT2D eigenvalue weighted by Gasteiger charge is 2.19. The molecule has 2 aromatic carbocycles. The summed E-state index contributed by atoms with van der Waals surface area (Å²) in [4.78, 5) is 0. The molecule has 110 valence electrons. The van der Waals surface area contributed by atoms with E-state index in [2.05, 4.69) is 0 Å². The molecule has 0 fully saturated rings. The fraction of sp³-hybridized carbons (Fsp3) is 0.333. The van der Waals surface area contributed by atoms with E-state index in [0.717, 1.165) is 28.6 Å². The molecule has 1 unspecified atom stereocenters. The molecule has 0 aliphatic rings. The van der Waals surface area contributed by atoms with Crippen molar-refractivity contribution in [3.63, 3.8) is 0 Å². The van der Waals surface area contributed by atoms with Gasteiger partial charge in [0.1, 0.15) is 7.85 Å². The van der Waals surface area contributed by atoms with Crippen LogP contribution in [0.5, 0.6) is 0 Å². The summed E-state index contributed by atoms with van der Waals surface area (Å²) in [5.41, 5.74) is 3.28. The summed E-state index contributed by atoms with van der Waals surface area (Å²) in [5, 5.41) is 20.6. The molecule has 2 rings (SSSR count). The molecule has 0 saturated carbocycles. The molecular weight excluding hydrogens is 259 g/mol. The topological polar surface area (TPSA) is 40.5 Å². The SMILES string of the molecule is Bc1cccc(C(O)CCc2ccccc2C(C)(C)O)c1. The lowest BCUT2D eigenvalue weighted by atomic mass is 9.89. The number of aliphatic hydroxyl groups is 2. The first kappa shape index (κ1) is 15.8. The van der Waals surface area contributed by atoms with Gasteiger partial charge in [0.25, 0.3) is 0 Å². The van der Waals surface area contributed by atoms with E-state index < -0.39 is 11.7 Å². The van der Waals surface area contributed by atoms with Crippen molar-refractivity contribution in [2.75, 3.05) is 0 Å². The smallest absolute Gasteiger partial charge is 0.139 e. The van der Waals surface area contributed by atoms with Crippen LogP contribution in [0.2, 0.25) is 0 Å². The molecule has 2 N–H and O–H groups in total. The second kappa shape index (κ2) is 6.46. The van der Waals surface area contributed by atoms with Gasteiger partial charge in [0.05, 0.1) is 11.7 Å². The maximum absolute atomic E-state index is 10.3. The van der Waals surface area contributed by atoms with Crippen molar-refractivity contribution in [1.82, 2.24) is 0 Å². The highest BCUT2D eigenvalue weighted by molar-refractivity contribution is 6.32. The maximum Gasteiger partial charge on any atom is 0.139 e. The number of aryl methyl sites for hydroxylation is 1. The molecule has 3 heteroatoms. The number of hydrogen-bond acceptors (Lipinski definition) is 2. The van der Waals surface area contributed by atoms with Gasteiger partial charge in [0.2, 0.25) is 0 Å². The van der Waals surface area contributed by atoms with Crippen molar-refractivity contribution in [2.24, 2.45) is 0 Å². The van der Waals surface area contributed by atoms with Crippen molar-refractivity contribution in [2.45, 2.75) is 38.4 Å². The second-order valence-electron chi connectivity index (χ2n) is 6.18. The minimum absolute atomic E-state index is 0.472. The Bertz CT molecular complexity index is 602. The Labute approximate surface area is 127 Å².